The molecule has 0 aromatic heterocycles. The van der Waals surface area contributed by atoms with E-state index in [1.807, 2.05) is 55.5 Å². The lowest BCUT2D eigenvalue weighted by Crippen LogP contribution is -2.52. The molecule has 1 fully saturated rings. The minimum absolute atomic E-state index is 0.0430. The average Bonchev–Trinajstić information content (AvgIpc) is 2.86. The SMILES string of the molecule is CC[C@H](C(=O)NC1CCCCC1)N(Cc1ccc(OC)cc1)C(=O)CSCc1ccccc1Cl. The first-order valence-corrected chi connectivity index (χ1v) is 13.6. The molecule has 1 N–H and O–H groups in total. The van der Waals surface area contributed by atoms with E-state index in [0.717, 1.165) is 42.6 Å². The molecule has 0 heterocycles. The summed E-state index contributed by atoms with van der Waals surface area (Å²) in [4.78, 5) is 28.4. The van der Waals surface area contributed by atoms with Gasteiger partial charge in [-0.05, 0) is 48.6 Å². The van der Waals surface area contributed by atoms with Crippen molar-refractivity contribution in [1.29, 1.82) is 0 Å². The summed E-state index contributed by atoms with van der Waals surface area (Å²) in [6.45, 7) is 2.35. The van der Waals surface area contributed by atoms with Crippen molar-refractivity contribution in [1.82, 2.24) is 10.2 Å². The zero-order valence-electron chi connectivity index (χ0n) is 20.1. The van der Waals surface area contributed by atoms with Gasteiger partial charge in [-0.1, -0.05) is 68.1 Å². The van der Waals surface area contributed by atoms with Gasteiger partial charge in [-0.2, -0.15) is 0 Å². The maximum atomic E-state index is 13.4. The molecule has 7 heteroatoms. The Kier molecular flexibility index (Phi) is 10.6. The third-order valence-electron chi connectivity index (χ3n) is 6.29. The van der Waals surface area contributed by atoms with Crippen LogP contribution in [0.2, 0.25) is 5.02 Å². The first-order valence-electron chi connectivity index (χ1n) is 12.1. The number of amides is 2. The van der Waals surface area contributed by atoms with Crippen LogP contribution in [0.25, 0.3) is 0 Å². The summed E-state index contributed by atoms with van der Waals surface area (Å²) < 4.78 is 5.26. The van der Waals surface area contributed by atoms with Gasteiger partial charge in [-0.15, -0.1) is 11.8 Å². The summed E-state index contributed by atoms with van der Waals surface area (Å²) in [5.74, 6) is 1.60. The van der Waals surface area contributed by atoms with Gasteiger partial charge in [0.25, 0.3) is 0 Å². The quantitative estimate of drug-likeness (QED) is 0.419. The molecule has 0 spiro atoms. The number of methoxy groups -OCH3 is 1. The van der Waals surface area contributed by atoms with Gasteiger partial charge in [0.15, 0.2) is 0 Å². The van der Waals surface area contributed by atoms with Gasteiger partial charge in [0.1, 0.15) is 11.8 Å². The van der Waals surface area contributed by atoms with Crippen molar-refractivity contribution in [3.63, 3.8) is 0 Å². The van der Waals surface area contributed by atoms with Crippen molar-refractivity contribution >= 4 is 35.2 Å². The highest BCUT2D eigenvalue weighted by molar-refractivity contribution is 7.99. The van der Waals surface area contributed by atoms with Crippen LogP contribution in [0.15, 0.2) is 48.5 Å². The van der Waals surface area contributed by atoms with Crippen LogP contribution in [0.5, 0.6) is 5.75 Å². The molecule has 34 heavy (non-hydrogen) atoms. The lowest BCUT2D eigenvalue weighted by Gasteiger charge is -2.32. The summed E-state index contributed by atoms with van der Waals surface area (Å²) in [7, 11) is 1.63. The number of rotatable bonds is 11. The molecule has 0 saturated heterocycles. The van der Waals surface area contributed by atoms with Crippen LogP contribution in [0.1, 0.15) is 56.6 Å². The van der Waals surface area contributed by atoms with Crippen LogP contribution in [0, 0.1) is 0 Å². The summed E-state index contributed by atoms with van der Waals surface area (Å²) >= 11 is 7.79. The zero-order valence-corrected chi connectivity index (χ0v) is 21.7. The Bertz CT molecular complexity index is 932. The Balaban J connectivity index is 1.71. The maximum absolute atomic E-state index is 13.4. The first-order chi connectivity index (χ1) is 16.5. The molecule has 2 aromatic rings. The smallest absolute Gasteiger partial charge is 0.243 e. The maximum Gasteiger partial charge on any atom is 0.243 e. The van der Waals surface area contributed by atoms with E-state index >= 15 is 0 Å². The van der Waals surface area contributed by atoms with Crippen LogP contribution in [-0.2, 0) is 21.9 Å². The number of hydrogen-bond donors (Lipinski definition) is 1. The lowest BCUT2D eigenvalue weighted by atomic mass is 9.95. The van der Waals surface area contributed by atoms with Crippen molar-refractivity contribution in [3.05, 3.63) is 64.7 Å². The molecule has 1 saturated carbocycles. The highest BCUT2D eigenvalue weighted by Crippen LogP contribution is 2.23. The minimum atomic E-state index is -0.502. The van der Waals surface area contributed by atoms with E-state index < -0.39 is 6.04 Å². The molecule has 1 aliphatic rings. The fourth-order valence-corrected chi connectivity index (χ4v) is 5.53. The van der Waals surface area contributed by atoms with Crippen LogP contribution in [0.4, 0.5) is 0 Å². The van der Waals surface area contributed by atoms with Crippen molar-refractivity contribution in [2.45, 2.75) is 69.8 Å². The number of carbonyl (C=O) groups excluding carboxylic acids is 2. The topological polar surface area (TPSA) is 58.6 Å². The summed E-state index contributed by atoms with van der Waals surface area (Å²) in [5, 5.41) is 3.93. The molecule has 0 radical (unpaired) electrons. The molecular weight excluding hydrogens is 468 g/mol. The van der Waals surface area contributed by atoms with Crippen LogP contribution < -0.4 is 10.1 Å². The van der Waals surface area contributed by atoms with Crippen molar-refractivity contribution in [3.8, 4) is 5.75 Å². The Hall–Kier alpha value is -2.18. The van der Waals surface area contributed by atoms with E-state index in [2.05, 4.69) is 5.32 Å². The van der Waals surface area contributed by atoms with Crippen LogP contribution >= 0.6 is 23.4 Å². The van der Waals surface area contributed by atoms with Crippen LogP contribution in [-0.4, -0.2) is 41.7 Å². The standard InChI is InChI=1S/C27H35ClN2O3S/c1-3-25(27(32)29-22-10-5-4-6-11-22)30(17-20-13-15-23(33-2)16-14-20)26(31)19-34-18-21-9-7-8-12-24(21)28/h7-9,12-16,22,25H,3-6,10-11,17-19H2,1-2H3,(H,29,32)/t25-/m1/s1. The molecule has 5 nitrogen and oxygen atoms in total. The number of carbonyl (C=O) groups is 2. The first kappa shape index (κ1) is 26.4. The molecule has 1 atom stereocenters. The van der Waals surface area contributed by atoms with Gasteiger partial charge in [-0.3, -0.25) is 9.59 Å². The van der Waals surface area contributed by atoms with Gasteiger partial charge in [-0.25, -0.2) is 0 Å². The molecule has 0 unspecified atom stereocenters. The zero-order chi connectivity index (χ0) is 24.3. The summed E-state index contributed by atoms with van der Waals surface area (Å²) in [5.41, 5.74) is 1.97. The number of benzene rings is 2. The lowest BCUT2D eigenvalue weighted by molar-refractivity contribution is -0.139. The van der Waals surface area contributed by atoms with Gasteiger partial charge < -0.3 is 15.0 Å². The fraction of sp³-hybridized carbons (Fsp3) is 0.481. The number of nitrogens with zero attached hydrogens (tertiary/aromatic N) is 1. The molecule has 2 amide bonds. The Morgan fingerprint density at radius 3 is 2.47 bits per heavy atom. The third-order valence-corrected chi connectivity index (χ3v) is 7.63. The number of thioether (sulfide) groups is 1. The second-order valence-electron chi connectivity index (χ2n) is 8.72. The van der Waals surface area contributed by atoms with E-state index in [-0.39, 0.29) is 23.6 Å². The summed E-state index contributed by atoms with van der Waals surface area (Å²) in [6.07, 6.45) is 6.12. The van der Waals surface area contributed by atoms with E-state index in [1.165, 1.54) is 18.2 Å². The Labute approximate surface area is 212 Å². The predicted molar refractivity (Wildman–Crippen MR) is 140 cm³/mol. The molecular formula is C27H35ClN2O3S. The van der Waals surface area contributed by atoms with Gasteiger partial charge >= 0.3 is 0 Å². The number of halogens is 1. The molecule has 2 aromatic carbocycles. The predicted octanol–water partition coefficient (Wildman–Crippen LogP) is 5.84. The molecule has 0 bridgehead atoms. The van der Waals surface area contributed by atoms with Gasteiger partial charge in [0.05, 0.1) is 12.9 Å². The van der Waals surface area contributed by atoms with E-state index in [0.29, 0.717) is 23.7 Å². The summed E-state index contributed by atoms with van der Waals surface area (Å²) in [6, 6.07) is 15.0. The van der Waals surface area contributed by atoms with E-state index in [1.54, 1.807) is 12.0 Å². The number of ether oxygens (including phenoxy) is 1. The molecule has 0 aliphatic heterocycles. The molecule has 3 rings (SSSR count). The number of hydrogen-bond acceptors (Lipinski definition) is 4. The average molecular weight is 503 g/mol. The van der Waals surface area contributed by atoms with Crippen molar-refractivity contribution < 1.29 is 14.3 Å². The minimum Gasteiger partial charge on any atom is -0.497 e. The van der Waals surface area contributed by atoms with E-state index in [9.17, 15) is 9.59 Å². The second kappa shape index (κ2) is 13.6. The van der Waals surface area contributed by atoms with Gasteiger partial charge in [0, 0.05) is 23.4 Å². The third kappa shape index (κ3) is 7.67. The largest absolute Gasteiger partial charge is 0.497 e. The molecule has 184 valence electrons. The molecule has 1 aliphatic carbocycles. The monoisotopic (exact) mass is 502 g/mol. The Morgan fingerprint density at radius 2 is 1.82 bits per heavy atom. The van der Waals surface area contributed by atoms with Crippen LogP contribution in [0.3, 0.4) is 0 Å². The van der Waals surface area contributed by atoms with E-state index in [4.69, 9.17) is 16.3 Å². The second-order valence-corrected chi connectivity index (χ2v) is 10.1. The highest BCUT2D eigenvalue weighted by atomic mass is 35.5. The van der Waals surface area contributed by atoms with Crippen molar-refractivity contribution in [2.75, 3.05) is 12.9 Å². The Morgan fingerprint density at radius 1 is 1.12 bits per heavy atom. The van der Waals surface area contributed by atoms with Crippen molar-refractivity contribution in [2.24, 2.45) is 0 Å². The normalized spacial score (nSPS) is 14.9. The number of nitrogens with one attached hydrogen (secondary N) is 1. The fourth-order valence-electron chi connectivity index (χ4n) is 4.34. The highest BCUT2D eigenvalue weighted by Gasteiger charge is 2.30. The van der Waals surface area contributed by atoms with Gasteiger partial charge in [0.2, 0.25) is 11.8 Å².